The van der Waals surface area contributed by atoms with Gasteiger partial charge in [-0.15, -0.1) is 0 Å². The van der Waals surface area contributed by atoms with Crippen LogP contribution < -0.4 is 4.74 Å². The molecule has 5 nitrogen and oxygen atoms in total. The summed E-state index contributed by atoms with van der Waals surface area (Å²) >= 11 is 0. The van der Waals surface area contributed by atoms with Crippen LogP contribution in [0.2, 0.25) is 0 Å². The Hall–Kier alpha value is -2.69. The smallest absolute Gasteiger partial charge is 0.311 e. The molecule has 0 saturated carbocycles. The molecule has 3 N–H and O–H groups in total. The van der Waals surface area contributed by atoms with Gasteiger partial charge in [-0.1, -0.05) is 18.2 Å². The maximum Gasteiger partial charge on any atom is 0.311 e. The summed E-state index contributed by atoms with van der Waals surface area (Å²) < 4.78 is 5.00. The highest BCUT2D eigenvalue weighted by Crippen LogP contribution is 2.29. The first-order chi connectivity index (χ1) is 10.0. The first-order valence-electron chi connectivity index (χ1n) is 6.39. The van der Waals surface area contributed by atoms with Gasteiger partial charge in [-0.25, -0.2) is 0 Å². The second-order valence-electron chi connectivity index (χ2n) is 4.68. The summed E-state index contributed by atoms with van der Waals surface area (Å²) in [6, 6.07) is 10.8. The van der Waals surface area contributed by atoms with Gasteiger partial charge in [0.2, 0.25) is 0 Å². The Morgan fingerprint density at radius 2 is 1.81 bits per heavy atom. The number of benzene rings is 2. The van der Waals surface area contributed by atoms with Crippen molar-refractivity contribution in [2.45, 2.75) is 12.3 Å². The van der Waals surface area contributed by atoms with Crippen LogP contribution in [0.5, 0.6) is 17.2 Å². The normalized spacial score (nSPS) is 11.9. The number of phenolic OH excluding ortho intramolecular Hbond substituents is 2. The number of aromatic hydroxyl groups is 2. The van der Waals surface area contributed by atoms with Crippen molar-refractivity contribution in [2.24, 2.45) is 0 Å². The second kappa shape index (κ2) is 6.17. The second-order valence-corrected chi connectivity index (χ2v) is 4.68. The maximum atomic E-state index is 11.5. The SMILES string of the molecule is COc1ccc(CC(C(=O)O)c2ccc(O)cc2)c(O)c1. The Morgan fingerprint density at radius 3 is 2.33 bits per heavy atom. The molecular weight excluding hydrogens is 272 g/mol. The van der Waals surface area contributed by atoms with Crippen molar-refractivity contribution in [1.29, 1.82) is 0 Å². The lowest BCUT2D eigenvalue weighted by molar-refractivity contribution is -0.138. The van der Waals surface area contributed by atoms with E-state index in [1.54, 1.807) is 24.3 Å². The van der Waals surface area contributed by atoms with Gasteiger partial charge >= 0.3 is 5.97 Å². The molecule has 1 atom stereocenters. The predicted octanol–water partition coefficient (Wildman–Crippen LogP) is 2.52. The van der Waals surface area contributed by atoms with Crippen molar-refractivity contribution in [3.8, 4) is 17.2 Å². The average Bonchev–Trinajstić information content (AvgIpc) is 2.46. The number of ether oxygens (including phenoxy) is 1. The molecule has 2 aromatic carbocycles. The minimum Gasteiger partial charge on any atom is -0.508 e. The zero-order chi connectivity index (χ0) is 15.4. The van der Waals surface area contributed by atoms with Crippen molar-refractivity contribution < 1.29 is 24.9 Å². The van der Waals surface area contributed by atoms with Crippen LogP contribution in [0.1, 0.15) is 17.0 Å². The first-order valence-corrected chi connectivity index (χ1v) is 6.39. The molecule has 0 spiro atoms. The van der Waals surface area contributed by atoms with Gasteiger partial charge in [-0.3, -0.25) is 4.79 Å². The van der Waals surface area contributed by atoms with Crippen molar-refractivity contribution in [2.75, 3.05) is 7.11 Å². The van der Waals surface area contributed by atoms with E-state index in [2.05, 4.69) is 0 Å². The predicted molar refractivity (Wildman–Crippen MR) is 76.8 cm³/mol. The largest absolute Gasteiger partial charge is 0.508 e. The zero-order valence-corrected chi connectivity index (χ0v) is 11.5. The summed E-state index contributed by atoms with van der Waals surface area (Å²) in [4.78, 5) is 11.5. The van der Waals surface area contributed by atoms with Gasteiger partial charge in [0.05, 0.1) is 13.0 Å². The van der Waals surface area contributed by atoms with Crippen LogP contribution in [0.4, 0.5) is 0 Å². The van der Waals surface area contributed by atoms with Crippen LogP contribution >= 0.6 is 0 Å². The van der Waals surface area contributed by atoms with E-state index in [0.29, 0.717) is 16.9 Å². The molecule has 0 aliphatic heterocycles. The lowest BCUT2D eigenvalue weighted by Gasteiger charge is -2.14. The number of carbonyl (C=O) groups is 1. The molecule has 0 aliphatic rings. The molecule has 5 heteroatoms. The monoisotopic (exact) mass is 288 g/mol. The Balaban J connectivity index is 2.28. The fourth-order valence-corrected chi connectivity index (χ4v) is 2.12. The summed E-state index contributed by atoms with van der Waals surface area (Å²) in [7, 11) is 1.49. The van der Waals surface area contributed by atoms with Crippen LogP contribution in [-0.2, 0) is 11.2 Å². The maximum absolute atomic E-state index is 11.5. The average molecular weight is 288 g/mol. The summed E-state index contributed by atoms with van der Waals surface area (Å²) in [6.07, 6.45) is 0.149. The Bertz CT molecular complexity index is 634. The number of carboxylic acids is 1. The van der Waals surface area contributed by atoms with Gasteiger partial charge in [0.15, 0.2) is 0 Å². The molecule has 0 bridgehead atoms. The van der Waals surface area contributed by atoms with Gasteiger partial charge in [-0.05, 0) is 35.7 Å². The van der Waals surface area contributed by atoms with Gasteiger partial charge in [0, 0.05) is 6.07 Å². The molecule has 0 amide bonds. The number of methoxy groups -OCH3 is 1. The molecular formula is C16H16O5. The van der Waals surface area contributed by atoms with Gasteiger partial charge in [0.1, 0.15) is 17.2 Å². The van der Waals surface area contributed by atoms with Crippen molar-refractivity contribution >= 4 is 5.97 Å². The molecule has 0 radical (unpaired) electrons. The van der Waals surface area contributed by atoms with Crippen molar-refractivity contribution in [3.63, 3.8) is 0 Å². The number of phenols is 2. The lowest BCUT2D eigenvalue weighted by atomic mass is 9.91. The van der Waals surface area contributed by atoms with Crippen molar-refractivity contribution in [3.05, 3.63) is 53.6 Å². The molecule has 0 heterocycles. The van der Waals surface area contributed by atoms with Gasteiger partial charge in [-0.2, -0.15) is 0 Å². The summed E-state index contributed by atoms with van der Waals surface area (Å²) in [6.45, 7) is 0. The minimum atomic E-state index is -0.990. The Labute approximate surface area is 122 Å². The van der Waals surface area contributed by atoms with E-state index in [-0.39, 0.29) is 17.9 Å². The summed E-state index contributed by atoms with van der Waals surface area (Å²) in [5.74, 6) is -1.21. The van der Waals surface area contributed by atoms with E-state index in [0.717, 1.165) is 0 Å². The zero-order valence-electron chi connectivity index (χ0n) is 11.5. The molecule has 0 saturated heterocycles. The molecule has 0 aliphatic carbocycles. The molecule has 110 valence electrons. The molecule has 0 fully saturated rings. The van der Waals surface area contributed by atoms with E-state index < -0.39 is 11.9 Å². The fraction of sp³-hybridized carbons (Fsp3) is 0.188. The molecule has 0 aromatic heterocycles. The van der Waals surface area contributed by atoms with Gasteiger partial charge in [0.25, 0.3) is 0 Å². The Morgan fingerprint density at radius 1 is 1.14 bits per heavy atom. The third kappa shape index (κ3) is 3.45. The van der Waals surface area contributed by atoms with Crippen LogP contribution in [0.3, 0.4) is 0 Å². The number of carboxylic acid groups (broad SMARTS) is 1. The van der Waals surface area contributed by atoms with E-state index in [9.17, 15) is 20.1 Å². The topological polar surface area (TPSA) is 87.0 Å². The highest BCUT2D eigenvalue weighted by atomic mass is 16.5. The lowest BCUT2D eigenvalue weighted by Crippen LogP contribution is -2.14. The molecule has 1 unspecified atom stereocenters. The van der Waals surface area contributed by atoms with Crippen LogP contribution in [-0.4, -0.2) is 28.4 Å². The Kier molecular flexibility index (Phi) is 4.33. The highest BCUT2D eigenvalue weighted by molar-refractivity contribution is 5.76. The van der Waals surface area contributed by atoms with E-state index in [1.807, 2.05) is 0 Å². The number of hydrogen-bond donors (Lipinski definition) is 3. The van der Waals surface area contributed by atoms with Crippen LogP contribution in [0.15, 0.2) is 42.5 Å². The summed E-state index contributed by atoms with van der Waals surface area (Å²) in [5.41, 5.74) is 1.09. The van der Waals surface area contributed by atoms with Crippen molar-refractivity contribution in [1.82, 2.24) is 0 Å². The fourth-order valence-electron chi connectivity index (χ4n) is 2.12. The summed E-state index contributed by atoms with van der Waals surface area (Å²) in [5, 5.41) is 28.6. The molecule has 21 heavy (non-hydrogen) atoms. The third-order valence-corrected chi connectivity index (χ3v) is 3.31. The molecule has 2 aromatic rings. The molecule has 2 rings (SSSR count). The minimum absolute atomic E-state index is 0.000576. The first kappa shape index (κ1) is 14.7. The number of rotatable bonds is 5. The van der Waals surface area contributed by atoms with Crippen LogP contribution in [0, 0.1) is 0 Å². The number of aliphatic carboxylic acids is 1. The van der Waals surface area contributed by atoms with E-state index in [1.165, 1.54) is 25.3 Å². The van der Waals surface area contributed by atoms with E-state index >= 15 is 0 Å². The van der Waals surface area contributed by atoms with E-state index in [4.69, 9.17) is 4.74 Å². The number of hydrogen-bond acceptors (Lipinski definition) is 4. The third-order valence-electron chi connectivity index (χ3n) is 3.31. The quantitative estimate of drug-likeness (QED) is 0.787. The van der Waals surface area contributed by atoms with Gasteiger partial charge < -0.3 is 20.1 Å². The standard InChI is InChI=1S/C16H16O5/c1-21-13-7-4-11(15(18)9-13)8-14(16(19)20)10-2-5-12(17)6-3-10/h2-7,9,14,17-18H,8H2,1H3,(H,19,20). The van der Waals surface area contributed by atoms with Crippen LogP contribution in [0.25, 0.3) is 0 Å². The highest BCUT2D eigenvalue weighted by Gasteiger charge is 2.22.